The zero-order valence-corrected chi connectivity index (χ0v) is 12.5. The van der Waals surface area contributed by atoms with Crippen molar-refractivity contribution in [2.75, 3.05) is 31.3 Å². The first kappa shape index (κ1) is 14.7. The molecule has 0 amide bonds. The zero-order chi connectivity index (χ0) is 14.9. The number of nitrogens with one attached hydrogen (secondary N) is 1. The van der Waals surface area contributed by atoms with E-state index in [9.17, 15) is 4.79 Å². The molecule has 110 valence electrons. The van der Waals surface area contributed by atoms with Crippen molar-refractivity contribution in [2.24, 2.45) is 0 Å². The van der Waals surface area contributed by atoms with Crippen LogP contribution in [0.4, 0.5) is 11.4 Å². The van der Waals surface area contributed by atoms with Gasteiger partial charge < -0.3 is 20.5 Å². The minimum absolute atomic E-state index is 0.0332. The van der Waals surface area contributed by atoms with Crippen molar-refractivity contribution in [2.45, 2.75) is 32.8 Å². The van der Waals surface area contributed by atoms with Crippen LogP contribution in [0.3, 0.4) is 0 Å². The van der Waals surface area contributed by atoms with Crippen LogP contribution in [0.25, 0.3) is 0 Å². The van der Waals surface area contributed by atoms with Crippen LogP contribution in [0.15, 0.2) is 6.07 Å². The molecule has 20 heavy (non-hydrogen) atoms. The summed E-state index contributed by atoms with van der Waals surface area (Å²) >= 11 is 0. The van der Waals surface area contributed by atoms with Gasteiger partial charge in [0.2, 0.25) is 0 Å². The van der Waals surface area contributed by atoms with Crippen molar-refractivity contribution in [3.63, 3.8) is 0 Å². The van der Waals surface area contributed by atoms with Crippen molar-refractivity contribution in [1.82, 2.24) is 0 Å². The molecule has 0 spiro atoms. The van der Waals surface area contributed by atoms with Crippen LogP contribution in [-0.4, -0.2) is 31.6 Å². The summed E-state index contributed by atoms with van der Waals surface area (Å²) in [6.45, 7) is 6.79. The molecular formula is C15H22N2O3. The molecule has 0 aliphatic carbocycles. The van der Waals surface area contributed by atoms with E-state index in [0.717, 1.165) is 17.7 Å². The minimum atomic E-state index is -0.321. The number of benzene rings is 1. The molecule has 1 heterocycles. The van der Waals surface area contributed by atoms with Gasteiger partial charge in [0, 0.05) is 25.6 Å². The maximum atomic E-state index is 11.8. The van der Waals surface area contributed by atoms with Crippen LogP contribution >= 0.6 is 0 Å². The van der Waals surface area contributed by atoms with Gasteiger partial charge in [-0.2, -0.15) is 0 Å². The molecule has 1 aromatic carbocycles. The normalized spacial score (nSPS) is 15.6. The second-order valence-corrected chi connectivity index (χ2v) is 5.71. The summed E-state index contributed by atoms with van der Waals surface area (Å²) in [5.41, 5.74) is 8.74. The number of nitrogen functional groups attached to an aromatic ring is 1. The Morgan fingerprint density at radius 3 is 2.85 bits per heavy atom. The topological polar surface area (TPSA) is 73.6 Å². The highest BCUT2D eigenvalue weighted by Gasteiger charge is 2.35. The Labute approximate surface area is 119 Å². The van der Waals surface area contributed by atoms with E-state index in [0.29, 0.717) is 30.2 Å². The summed E-state index contributed by atoms with van der Waals surface area (Å²) in [4.78, 5) is 11.8. The summed E-state index contributed by atoms with van der Waals surface area (Å²) in [6.07, 6.45) is 0.725. The molecule has 5 nitrogen and oxygen atoms in total. The van der Waals surface area contributed by atoms with E-state index in [-0.39, 0.29) is 11.4 Å². The van der Waals surface area contributed by atoms with Crippen molar-refractivity contribution >= 4 is 17.2 Å². The first-order valence-electron chi connectivity index (χ1n) is 6.74. The zero-order valence-electron chi connectivity index (χ0n) is 12.5. The predicted octanol–water partition coefficient (Wildman–Crippen LogP) is 2.24. The molecular weight excluding hydrogens is 256 g/mol. The molecule has 0 fully saturated rings. The number of hydrogen-bond acceptors (Lipinski definition) is 5. The molecule has 0 saturated heterocycles. The highest BCUT2D eigenvalue weighted by atomic mass is 16.5. The summed E-state index contributed by atoms with van der Waals surface area (Å²) in [6, 6.07) is 1.69. The Morgan fingerprint density at radius 2 is 2.25 bits per heavy atom. The van der Waals surface area contributed by atoms with E-state index in [4.69, 9.17) is 15.2 Å². The van der Waals surface area contributed by atoms with Gasteiger partial charge in [-0.25, -0.2) is 0 Å². The number of Topliss-reactive ketones (excluding diaryl/α,β-unsaturated/α-hetero) is 1. The van der Waals surface area contributed by atoms with Crippen molar-refractivity contribution < 1.29 is 14.3 Å². The van der Waals surface area contributed by atoms with E-state index in [1.165, 1.54) is 6.92 Å². The lowest BCUT2D eigenvalue weighted by molar-refractivity contribution is 0.0998. The van der Waals surface area contributed by atoms with Gasteiger partial charge in [-0.05, 0) is 26.8 Å². The molecule has 3 N–H and O–H groups in total. The van der Waals surface area contributed by atoms with Crippen molar-refractivity contribution in [3.05, 3.63) is 17.2 Å². The average Bonchev–Trinajstić information content (AvgIpc) is 2.66. The Bertz CT molecular complexity index is 538. The first-order chi connectivity index (χ1) is 9.35. The van der Waals surface area contributed by atoms with Gasteiger partial charge in [-0.1, -0.05) is 0 Å². The second kappa shape index (κ2) is 5.32. The maximum absolute atomic E-state index is 11.8. The van der Waals surface area contributed by atoms with Crippen LogP contribution in [0.5, 0.6) is 5.75 Å². The van der Waals surface area contributed by atoms with Crippen molar-refractivity contribution in [1.29, 1.82) is 0 Å². The number of fused-ring (bicyclic) bond motifs is 1. The average molecular weight is 278 g/mol. The Balaban J connectivity index is 2.45. The number of hydrogen-bond donors (Lipinski definition) is 2. The van der Waals surface area contributed by atoms with Gasteiger partial charge in [0.15, 0.2) is 5.78 Å². The molecule has 0 radical (unpaired) electrons. The maximum Gasteiger partial charge on any atom is 0.163 e. The Hall–Kier alpha value is -1.75. The third-order valence-corrected chi connectivity index (χ3v) is 3.38. The lowest BCUT2D eigenvalue weighted by Gasteiger charge is -2.17. The van der Waals surface area contributed by atoms with E-state index in [1.54, 1.807) is 13.2 Å². The number of ketones is 1. The largest absolute Gasteiger partial charge is 0.486 e. The number of ether oxygens (including phenoxy) is 2. The smallest absolute Gasteiger partial charge is 0.163 e. The monoisotopic (exact) mass is 278 g/mol. The first-order valence-corrected chi connectivity index (χ1v) is 6.74. The van der Waals surface area contributed by atoms with E-state index in [2.05, 4.69) is 5.32 Å². The van der Waals surface area contributed by atoms with E-state index in [1.807, 2.05) is 13.8 Å². The lowest BCUT2D eigenvalue weighted by Crippen LogP contribution is -2.25. The fourth-order valence-electron chi connectivity index (χ4n) is 2.52. The predicted molar refractivity (Wildman–Crippen MR) is 79.6 cm³/mol. The van der Waals surface area contributed by atoms with Crippen LogP contribution in [0.2, 0.25) is 0 Å². The molecule has 0 atom stereocenters. The minimum Gasteiger partial charge on any atom is -0.486 e. The lowest BCUT2D eigenvalue weighted by atomic mass is 9.96. The molecule has 2 rings (SSSR count). The molecule has 0 aromatic heterocycles. The number of methoxy groups -OCH3 is 1. The van der Waals surface area contributed by atoms with Gasteiger partial charge in [0.1, 0.15) is 11.4 Å². The molecule has 1 aliphatic heterocycles. The Kier molecular flexibility index (Phi) is 3.90. The molecule has 1 aromatic rings. The summed E-state index contributed by atoms with van der Waals surface area (Å²) < 4.78 is 11.0. The van der Waals surface area contributed by atoms with Crippen LogP contribution in [-0.2, 0) is 11.2 Å². The van der Waals surface area contributed by atoms with E-state index < -0.39 is 0 Å². The third kappa shape index (κ3) is 2.72. The van der Waals surface area contributed by atoms with Gasteiger partial charge >= 0.3 is 0 Å². The van der Waals surface area contributed by atoms with Gasteiger partial charge in [-0.15, -0.1) is 0 Å². The fraction of sp³-hybridized carbons (Fsp3) is 0.533. The molecule has 0 unspecified atom stereocenters. The molecule has 1 aliphatic rings. The number of rotatable bonds is 5. The highest BCUT2D eigenvalue weighted by Crippen LogP contribution is 2.44. The summed E-state index contributed by atoms with van der Waals surface area (Å²) in [5, 5.41) is 3.28. The fourth-order valence-corrected chi connectivity index (χ4v) is 2.52. The number of carbonyl (C=O) groups is 1. The Morgan fingerprint density at radius 1 is 1.55 bits per heavy atom. The highest BCUT2D eigenvalue weighted by molar-refractivity contribution is 6.00. The third-order valence-electron chi connectivity index (χ3n) is 3.38. The van der Waals surface area contributed by atoms with Crippen LogP contribution < -0.4 is 15.8 Å². The number of nitrogens with two attached hydrogens (primary N) is 1. The molecule has 0 saturated carbocycles. The quantitative estimate of drug-likeness (QED) is 0.491. The van der Waals surface area contributed by atoms with Gasteiger partial charge in [-0.3, -0.25) is 4.79 Å². The summed E-state index contributed by atoms with van der Waals surface area (Å²) in [5.74, 6) is 0.630. The summed E-state index contributed by atoms with van der Waals surface area (Å²) in [7, 11) is 1.65. The second-order valence-electron chi connectivity index (χ2n) is 5.71. The number of carbonyl (C=O) groups excluding carboxylic acids is 1. The SMILES string of the molecule is COCCNc1c(N)cc(C(C)=O)c2c1CC(C)(C)O2. The molecule has 0 bridgehead atoms. The van der Waals surface area contributed by atoms with E-state index >= 15 is 0 Å². The van der Waals surface area contributed by atoms with Crippen LogP contribution in [0, 0.1) is 0 Å². The number of anilines is 2. The van der Waals surface area contributed by atoms with Crippen LogP contribution in [0.1, 0.15) is 36.7 Å². The van der Waals surface area contributed by atoms with Gasteiger partial charge in [0.05, 0.1) is 23.5 Å². The van der Waals surface area contributed by atoms with Gasteiger partial charge in [0.25, 0.3) is 0 Å². The van der Waals surface area contributed by atoms with Crippen molar-refractivity contribution in [3.8, 4) is 5.75 Å². The standard InChI is InChI=1S/C15H22N2O3/c1-9(18)10-7-12(16)13(17-5-6-19-4)11-8-15(2,3)20-14(10)11/h7,17H,5-6,8,16H2,1-4H3. The molecule has 5 heteroatoms.